The zero-order chi connectivity index (χ0) is 13.9. The molecule has 0 atom stereocenters. The molecule has 1 fully saturated rings. The van der Waals surface area contributed by atoms with Gasteiger partial charge in [-0.05, 0) is 25.3 Å². The quantitative estimate of drug-likeness (QED) is 0.898. The van der Waals surface area contributed by atoms with Gasteiger partial charge in [-0.25, -0.2) is 0 Å². The van der Waals surface area contributed by atoms with Crippen molar-refractivity contribution >= 4 is 5.91 Å². The van der Waals surface area contributed by atoms with Gasteiger partial charge in [0, 0.05) is 44.6 Å². The molecule has 1 aromatic rings. The Morgan fingerprint density at radius 2 is 2.05 bits per heavy atom. The number of ether oxygens (including phenoxy) is 1. The first-order valence-corrected chi connectivity index (χ1v) is 7.52. The minimum Gasteiger partial charge on any atom is -0.379 e. The SMILES string of the molecule is Cc1c[nH]c2c1C(=O)N(CCN1CCOCC1)CCC2. The van der Waals surface area contributed by atoms with Crippen LogP contribution in [0.25, 0.3) is 0 Å². The molecule has 1 amide bonds. The Kier molecular flexibility index (Phi) is 4.08. The van der Waals surface area contributed by atoms with Gasteiger partial charge >= 0.3 is 0 Å². The number of aryl methyl sites for hydroxylation is 2. The van der Waals surface area contributed by atoms with Crippen molar-refractivity contribution in [2.24, 2.45) is 0 Å². The molecule has 5 nitrogen and oxygen atoms in total. The molecule has 1 aromatic heterocycles. The number of nitrogens with one attached hydrogen (secondary N) is 1. The molecule has 0 saturated carbocycles. The second-order valence-electron chi connectivity index (χ2n) is 5.68. The van der Waals surface area contributed by atoms with E-state index in [0.29, 0.717) is 0 Å². The van der Waals surface area contributed by atoms with Crippen molar-refractivity contribution in [3.05, 3.63) is 23.0 Å². The number of hydrogen-bond donors (Lipinski definition) is 1. The molecule has 2 aliphatic heterocycles. The monoisotopic (exact) mass is 277 g/mol. The molecule has 0 aromatic carbocycles. The van der Waals surface area contributed by atoms with Gasteiger partial charge in [0.1, 0.15) is 0 Å². The van der Waals surface area contributed by atoms with Gasteiger partial charge in [-0.15, -0.1) is 0 Å². The topological polar surface area (TPSA) is 48.6 Å². The number of amides is 1. The Hall–Kier alpha value is -1.33. The lowest BCUT2D eigenvalue weighted by atomic mass is 10.1. The second-order valence-corrected chi connectivity index (χ2v) is 5.68. The third-order valence-electron chi connectivity index (χ3n) is 4.30. The average Bonchev–Trinajstić information content (AvgIpc) is 2.75. The minimum atomic E-state index is 0.199. The van der Waals surface area contributed by atoms with Gasteiger partial charge in [-0.3, -0.25) is 9.69 Å². The van der Waals surface area contributed by atoms with Crippen LogP contribution in [0.1, 0.15) is 28.0 Å². The number of carbonyl (C=O) groups is 1. The summed E-state index contributed by atoms with van der Waals surface area (Å²) in [6.45, 7) is 8.25. The van der Waals surface area contributed by atoms with Crippen LogP contribution in [-0.4, -0.2) is 66.6 Å². The number of H-pyrrole nitrogens is 1. The lowest BCUT2D eigenvalue weighted by Crippen LogP contribution is -2.43. The van der Waals surface area contributed by atoms with Crippen molar-refractivity contribution in [2.45, 2.75) is 19.8 Å². The Labute approximate surface area is 119 Å². The maximum atomic E-state index is 12.7. The zero-order valence-electron chi connectivity index (χ0n) is 12.2. The van der Waals surface area contributed by atoms with E-state index < -0.39 is 0 Å². The smallest absolute Gasteiger partial charge is 0.255 e. The summed E-state index contributed by atoms with van der Waals surface area (Å²) in [6.07, 6.45) is 3.97. The van der Waals surface area contributed by atoms with Crippen LogP contribution < -0.4 is 0 Å². The Bertz CT molecular complexity index is 477. The van der Waals surface area contributed by atoms with Crippen LogP contribution in [0.4, 0.5) is 0 Å². The highest BCUT2D eigenvalue weighted by Gasteiger charge is 2.25. The third-order valence-corrected chi connectivity index (χ3v) is 4.30. The summed E-state index contributed by atoms with van der Waals surface area (Å²) in [6, 6.07) is 0. The van der Waals surface area contributed by atoms with Crippen molar-refractivity contribution in [3.8, 4) is 0 Å². The predicted octanol–water partition coefficient (Wildman–Crippen LogP) is 1.04. The van der Waals surface area contributed by atoms with E-state index in [-0.39, 0.29) is 5.91 Å². The minimum absolute atomic E-state index is 0.199. The number of aromatic amines is 1. The fourth-order valence-corrected chi connectivity index (χ4v) is 3.08. The van der Waals surface area contributed by atoms with E-state index in [1.54, 1.807) is 0 Å². The fourth-order valence-electron chi connectivity index (χ4n) is 3.08. The van der Waals surface area contributed by atoms with Crippen molar-refractivity contribution in [2.75, 3.05) is 45.9 Å². The van der Waals surface area contributed by atoms with Crippen LogP contribution in [0, 0.1) is 6.92 Å². The number of carbonyl (C=O) groups excluding carboxylic acids is 1. The lowest BCUT2D eigenvalue weighted by Gasteiger charge is -2.29. The van der Waals surface area contributed by atoms with Crippen LogP contribution in [0.2, 0.25) is 0 Å². The number of hydrogen-bond acceptors (Lipinski definition) is 3. The van der Waals surface area contributed by atoms with Gasteiger partial charge in [-0.2, -0.15) is 0 Å². The molecular formula is C15H23N3O2. The second kappa shape index (κ2) is 5.97. The van der Waals surface area contributed by atoms with E-state index in [1.165, 1.54) is 0 Å². The van der Waals surface area contributed by atoms with Gasteiger partial charge in [0.05, 0.1) is 18.8 Å². The predicted molar refractivity (Wildman–Crippen MR) is 77.0 cm³/mol. The third kappa shape index (κ3) is 2.74. The largest absolute Gasteiger partial charge is 0.379 e. The maximum absolute atomic E-state index is 12.7. The molecule has 0 aliphatic carbocycles. The molecule has 1 N–H and O–H groups in total. The summed E-state index contributed by atoms with van der Waals surface area (Å²) in [5.41, 5.74) is 3.09. The van der Waals surface area contributed by atoms with E-state index in [2.05, 4.69) is 9.88 Å². The van der Waals surface area contributed by atoms with Gasteiger partial charge < -0.3 is 14.6 Å². The highest BCUT2D eigenvalue weighted by Crippen LogP contribution is 2.21. The first-order valence-electron chi connectivity index (χ1n) is 7.52. The number of morpholine rings is 1. The summed E-state index contributed by atoms with van der Waals surface area (Å²) in [5.74, 6) is 0.199. The lowest BCUT2D eigenvalue weighted by molar-refractivity contribution is 0.0326. The molecule has 2 aliphatic rings. The molecule has 1 saturated heterocycles. The van der Waals surface area contributed by atoms with Gasteiger partial charge in [0.25, 0.3) is 5.91 Å². The van der Waals surface area contributed by atoms with E-state index in [4.69, 9.17) is 4.74 Å². The molecule has 110 valence electrons. The number of rotatable bonds is 3. The van der Waals surface area contributed by atoms with Crippen LogP contribution >= 0.6 is 0 Å². The summed E-state index contributed by atoms with van der Waals surface area (Å²) < 4.78 is 5.36. The summed E-state index contributed by atoms with van der Waals surface area (Å²) in [4.78, 5) is 20.3. The summed E-state index contributed by atoms with van der Waals surface area (Å²) >= 11 is 0. The van der Waals surface area contributed by atoms with Gasteiger partial charge in [-0.1, -0.05) is 0 Å². The van der Waals surface area contributed by atoms with Crippen LogP contribution in [0.15, 0.2) is 6.20 Å². The highest BCUT2D eigenvalue weighted by atomic mass is 16.5. The highest BCUT2D eigenvalue weighted by molar-refractivity contribution is 5.97. The molecule has 5 heteroatoms. The van der Waals surface area contributed by atoms with Gasteiger partial charge in [0.15, 0.2) is 0 Å². The summed E-state index contributed by atoms with van der Waals surface area (Å²) in [7, 11) is 0. The van der Waals surface area contributed by atoms with Gasteiger partial charge in [0.2, 0.25) is 0 Å². The molecule has 0 bridgehead atoms. The first-order chi connectivity index (χ1) is 9.75. The molecule has 0 radical (unpaired) electrons. The molecule has 20 heavy (non-hydrogen) atoms. The molecule has 3 rings (SSSR count). The standard InChI is InChI=1S/C15H23N3O2/c1-12-11-16-13-3-2-4-18(15(19)14(12)13)6-5-17-7-9-20-10-8-17/h11,16H,2-10H2,1H3. The Morgan fingerprint density at radius 1 is 1.25 bits per heavy atom. The normalized spacial score (nSPS) is 20.9. The Balaban J connectivity index is 1.64. The van der Waals surface area contributed by atoms with Crippen LogP contribution in [0.5, 0.6) is 0 Å². The van der Waals surface area contributed by atoms with Crippen molar-refractivity contribution < 1.29 is 9.53 Å². The zero-order valence-corrected chi connectivity index (χ0v) is 12.2. The molecule has 3 heterocycles. The van der Waals surface area contributed by atoms with E-state index >= 15 is 0 Å². The number of nitrogens with zero attached hydrogens (tertiary/aromatic N) is 2. The maximum Gasteiger partial charge on any atom is 0.255 e. The van der Waals surface area contributed by atoms with E-state index in [0.717, 1.165) is 75.6 Å². The van der Waals surface area contributed by atoms with Crippen molar-refractivity contribution in [1.82, 2.24) is 14.8 Å². The molecule has 0 unspecified atom stereocenters. The Morgan fingerprint density at radius 3 is 2.85 bits per heavy atom. The number of fused-ring (bicyclic) bond motifs is 1. The number of aromatic nitrogens is 1. The van der Waals surface area contributed by atoms with E-state index in [9.17, 15) is 4.79 Å². The van der Waals surface area contributed by atoms with Crippen molar-refractivity contribution in [3.63, 3.8) is 0 Å². The van der Waals surface area contributed by atoms with Crippen molar-refractivity contribution in [1.29, 1.82) is 0 Å². The fraction of sp³-hybridized carbons (Fsp3) is 0.667. The molecular weight excluding hydrogens is 254 g/mol. The first kappa shape index (κ1) is 13.6. The van der Waals surface area contributed by atoms with E-state index in [1.807, 2.05) is 18.0 Å². The summed E-state index contributed by atoms with van der Waals surface area (Å²) in [5, 5.41) is 0. The molecule has 0 spiro atoms. The van der Waals surface area contributed by atoms with Crippen LogP contribution in [0.3, 0.4) is 0 Å². The average molecular weight is 277 g/mol. The van der Waals surface area contributed by atoms with Crippen LogP contribution in [-0.2, 0) is 11.2 Å².